The van der Waals surface area contributed by atoms with Gasteiger partial charge in [-0.25, -0.2) is 0 Å². The van der Waals surface area contributed by atoms with Crippen LogP contribution in [-0.4, -0.2) is 23.9 Å². The average Bonchev–Trinajstić information content (AvgIpc) is 2.79. The van der Waals surface area contributed by atoms with E-state index in [4.69, 9.17) is 4.74 Å². The molecule has 3 heteroatoms. The molecule has 1 N–H and O–H groups in total. The number of hydrogen-bond acceptors (Lipinski definition) is 3. The van der Waals surface area contributed by atoms with E-state index in [1.165, 1.54) is 6.42 Å². The van der Waals surface area contributed by atoms with Crippen molar-refractivity contribution in [2.75, 3.05) is 13.2 Å². The Hall–Kier alpha value is -0.590. The second-order valence-corrected chi connectivity index (χ2v) is 6.02. The predicted molar refractivity (Wildman–Crippen MR) is 65.2 cm³/mol. The monoisotopic (exact) mass is 237 g/mol. The molecule has 17 heavy (non-hydrogen) atoms. The average molecular weight is 237 g/mol. The second-order valence-electron chi connectivity index (χ2n) is 6.02. The standard InChI is InChI=1S/C14H23NO2/c1-11(2)12-5-3-4-6-14(12,16)13(9-15)7-8-17-10-13/h11-12,16H,3-8,10H2,1-2H3. The first-order valence-corrected chi connectivity index (χ1v) is 6.77. The molecule has 1 heterocycles. The van der Waals surface area contributed by atoms with Crippen molar-refractivity contribution in [1.82, 2.24) is 0 Å². The predicted octanol–water partition coefficient (Wildman–Crippen LogP) is 2.49. The summed E-state index contributed by atoms with van der Waals surface area (Å²) in [5.74, 6) is 0.656. The van der Waals surface area contributed by atoms with Gasteiger partial charge in [-0.3, -0.25) is 0 Å². The molecule has 3 atom stereocenters. The molecule has 0 spiro atoms. The number of ether oxygens (including phenoxy) is 1. The molecule has 0 aromatic rings. The molecule has 0 aromatic carbocycles. The number of nitrogens with zero attached hydrogens (tertiary/aromatic N) is 1. The van der Waals surface area contributed by atoms with Crippen LogP contribution < -0.4 is 0 Å². The van der Waals surface area contributed by atoms with Gasteiger partial charge in [-0.1, -0.05) is 26.7 Å². The van der Waals surface area contributed by atoms with Crippen molar-refractivity contribution in [2.24, 2.45) is 17.3 Å². The lowest BCUT2D eigenvalue weighted by atomic mass is 9.57. The maximum atomic E-state index is 11.1. The van der Waals surface area contributed by atoms with Gasteiger partial charge >= 0.3 is 0 Å². The van der Waals surface area contributed by atoms with Crippen LogP contribution in [0.2, 0.25) is 0 Å². The molecule has 0 aromatic heterocycles. The molecule has 2 aliphatic rings. The minimum absolute atomic E-state index is 0.234. The Bertz CT molecular complexity index is 315. The van der Waals surface area contributed by atoms with Gasteiger partial charge in [-0.05, 0) is 31.1 Å². The van der Waals surface area contributed by atoms with Crippen molar-refractivity contribution < 1.29 is 9.84 Å². The highest BCUT2D eigenvalue weighted by molar-refractivity contribution is 5.16. The first kappa shape index (κ1) is 12.9. The SMILES string of the molecule is CC(C)C1CCCCC1(O)C1(C#N)CCOC1. The Morgan fingerprint density at radius 2 is 2.12 bits per heavy atom. The lowest BCUT2D eigenvalue weighted by Crippen LogP contribution is -2.56. The van der Waals surface area contributed by atoms with Gasteiger partial charge in [-0.15, -0.1) is 0 Å². The van der Waals surface area contributed by atoms with E-state index >= 15 is 0 Å². The zero-order valence-corrected chi connectivity index (χ0v) is 10.9. The lowest BCUT2D eigenvalue weighted by molar-refractivity contribution is -0.137. The zero-order valence-electron chi connectivity index (χ0n) is 10.9. The van der Waals surface area contributed by atoms with E-state index < -0.39 is 11.0 Å². The van der Waals surface area contributed by atoms with E-state index in [9.17, 15) is 10.4 Å². The molecule has 1 saturated carbocycles. The van der Waals surface area contributed by atoms with Gasteiger partial charge in [0.1, 0.15) is 5.41 Å². The zero-order chi connectivity index (χ0) is 12.5. The molecule has 96 valence electrons. The van der Waals surface area contributed by atoms with Gasteiger partial charge in [0.2, 0.25) is 0 Å². The van der Waals surface area contributed by atoms with Gasteiger partial charge in [0.15, 0.2) is 0 Å². The third kappa shape index (κ3) is 1.88. The van der Waals surface area contributed by atoms with Crippen molar-refractivity contribution in [3.05, 3.63) is 0 Å². The van der Waals surface area contributed by atoms with E-state index in [1.54, 1.807) is 0 Å². The molecule has 3 nitrogen and oxygen atoms in total. The molecular formula is C14H23NO2. The lowest BCUT2D eigenvalue weighted by Gasteiger charge is -2.49. The Balaban J connectivity index is 2.34. The van der Waals surface area contributed by atoms with Crippen LogP contribution in [0.3, 0.4) is 0 Å². The molecule has 2 fully saturated rings. The van der Waals surface area contributed by atoms with Gasteiger partial charge in [0, 0.05) is 6.61 Å². The fourth-order valence-electron chi connectivity index (χ4n) is 3.75. The third-order valence-corrected chi connectivity index (χ3v) is 4.81. The topological polar surface area (TPSA) is 53.2 Å². The summed E-state index contributed by atoms with van der Waals surface area (Å²) in [5, 5.41) is 20.7. The Labute approximate surface area is 104 Å². The highest BCUT2D eigenvalue weighted by Crippen LogP contribution is 2.52. The fourth-order valence-corrected chi connectivity index (χ4v) is 3.75. The van der Waals surface area contributed by atoms with Crippen LogP contribution in [0.15, 0.2) is 0 Å². The van der Waals surface area contributed by atoms with E-state index in [1.807, 2.05) is 0 Å². The number of hydrogen-bond donors (Lipinski definition) is 1. The normalized spacial score (nSPS) is 42.6. The quantitative estimate of drug-likeness (QED) is 0.802. The van der Waals surface area contributed by atoms with E-state index in [2.05, 4.69) is 19.9 Å². The van der Waals surface area contributed by atoms with Crippen LogP contribution >= 0.6 is 0 Å². The number of rotatable bonds is 2. The fraction of sp³-hybridized carbons (Fsp3) is 0.929. The first-order chi connectivity index (χ1) is 8.06. The Kier molecular flexibility index (Phi) is 3.47. The largest absolute Gasteiger partial charge is 0.388 e. The summed E-state index contributed by atoms with van der Waals surface area (Å²) in [6.07, 6.45) is 4.68. The van der Waals surface area contributed by atoms with E-state index in [0.29, 0.717) is 25.6 Å². The third-order valence-electron chi connectivity index (χ3n) is 4.81. The Morgan fingerprint density at radius 3 is 2.65 bits per heavy atom. The first-order valence-electron chi connectivity index (χ1n) is 6.77. The van der Waals surface area contributed by atoms with Crippen LogP contribution in [-0.2, 0) is 4.74 Å². The molecule has 2 rings (SSSR count). The smallest absolute Gasteiger partial charge is 0.112 e. The summed E-state index contributed by atoms with van der Waals surface area (Å²) in [7, 11) is 0. The van der Waals surface area contributed by atoms with Crippen LogP contribution in [0.1, 0.15) is 46.0 Å². The molecular weight excluding hydrogens is 214 g/mol. The van der Waals surface area contributed by atoms with Crippen LogP contribution in [0.25, 0.3) is 0 Å². The minimum atomic E-state index is -0.843. The van der Waals surface area contributed by atoms with E-state index in [0.717, 1.165) is 19.3 Å². The van der Waals surface area contributed by atoms with Crippen LogP contribution in [0, 0.1) is 28.6 Å². The number of nitriles is 1. The molecule has 0 radical (unpaired) electrons. The molecule has 0 bridgehead atoms. The number of aliphatic hydroxyl groups is 1. The molecule has 3 unspecified atom stereocenters. The van der Waals surface area contributed by atoms with Gasteiger partial charge in [-0.2, -0.15) is 5.26 Å². The van der Waals surface area contributed by atoms with Crippen molar-refractivity contribution in [3.63, 3.8) is 0 Å². The minimum Gasteiger partial charge on any atom is -0.388 e. The molecule has 1 aliphatic heterocycles. The van der Waals surface area contributed by atoms with Crippen molar-refractivity contribution in [3.8, 4) is 6.07 Å². The van der Waals surface area contributed by atoms with Gasteiger partial charge in [0.25, 0.3) is 0 Å². The summed E-state index contributed by atoms with van der Waals surface area (Å²) in [6.45, 7) is 5.33. The van der Waals surface area contributed by atoms with Gasteiger partial charge < -0.3 is 9.84 Å². The molecule has 1 saturated heterocycles. The van der Waals surface area contributed by atoms with Gasteiger partial charge in [0.05, 0.1) is 18.3 Å². The van der Waals surface area contributed by atoms with Crippen LogP contribution in [0.4, 0.5) is 0 Å². The maximum absolute atomic E-state index is 11.1. The summed E-state index contributed by atoms with van der Waals surface area (Å²) < 4.78 is 5.42. The molecule has 1 aliphatic carbocycles. The van der Waals surface area contributed by atoms with Crippen molar-refractivity contribution >= 4 is 0 Å². The summed E-state index contributed by atoms with van der Waals surface area (Å²) >= 11 is 0. The highest BCUT2D eigenvalue weighted by atomic mass is 16.5. The maximum Gasteiger partial charge on any atom is 0.112 e. The Morgan fingerprint density at radius 1 is 1.35 bits per heavy atom. The summed E-state index contributed by atoms with van der Waals surface area (Å²) in [4.78, 5) is 0. The molecule has 0 amide bonds. The summed E-state index contributed by atoms with van der Waals surface area (Å²) in [5.41, 5.74) is -1.51. The highest BCUT2D eigenvalue weighted by Gasteiger charge is 2.58. The van der Waals surface area contributed by atoms with Crippen molar-refractivity contribution in [1.29, 1.82) is 5.26 Å². The van der Waals surface area contributed by atoms with E-state index in [-0.39, 0.29) is 5.92 Å². The second kappa shape index (κ2) is 4.59. The summed E-state index contributed by atoms with van der Waals surface area (Å²) in [6, 6.07) is 2.40. The van der Waals surface area contributed by atoms with Crippen molar-refractivity contribution in [2.45, 2.75) is 51.6 Å². The van der Waals surface area contributed by atoms with Crippen LogP contribution in [0.5, 0.6) is 0 Å².